The minimum atomic E-state index is -1.56. The molecule has 0 saturated carbocycles. The van der Waals surface area contributed by atoms with Gasteiger partial charge < -0.3 is 19.3 Å². The summed E-state index contributed by atoms with van der Waals surface area (Å²) < 4.78 is 16.1. The maximum atomic E-state index is 9.11. The topological polar surface area (TPSA) is 73.9 Å². The van der Waals surface area contributed by atoms with E-state index in [2.05, 4.69) is 6.92 Å². The first kappa shape index (κ1) is 16.8. The monoisotopic (exact) mass is 249 g/mol. The highest BCUT2D eigenvalue weighted by atomic mass is 16.7. The van der Waals surface area contributed by atoms with Crippen molar-refractivity contribution < 1.29 is 19.3 Å². The lowest BCUT2D eigenvalue weighted by atomic mass is 10.3. The highest BCUT2D eigenvalue weighted by Crippen LogP contribution is 2.12. The number of hydrogen-bond donors (Lipinski definition) is 2. The molecule has 5 nitrogen and oxygen atoms in total. The van der Waals surface area contributed by atoms with Crippen molar-refractivity contribution >= 4 is 0 Å². The summed E-state index contributed by atoms with van der Waals surface area (Å²) in [6.07, 6.45) is 2.80. The fraction of sp³-hybridized carbons (Fsp3) is 1.00. The van der Waals surface area contributed by atoms with Crippen molar-refractivity contribution in [2.24, 2.45) is 5.73 Å². The van der Waals surface area contributed by atoms with E-state index in [9.17, 15) is 0 Å². The lowest BCUT2D eigenvalue weighted by Gasteiger charge is -2.26. The molecule has 0 aliphatic rings. The normalized spacial score (nSPS) is 15.9. The molecule has 0 aromatic carbocycles. The number of nitrogens with two attached hydrogens (primary N) is 1. The Bertz CT molecular complexity index is 189. The summed E-state index contributed by atoms with van der Waals surface area (Å²) in [4.78, 5) is 0. The largest absolute Gasteiger partial charge is 0.354 e. The summed E-state index contributed by atoms with van der Waals surface area (Å²) in [6.45, 7) is 8.87. The molecular formula is C12H27NO4. The predicted molar refractivity (Wildman–Crippen MR) is 66.3 cm³/mol. The van der Waals surface area contributed by atoms with E-state index in [0.717, 1.165) is 12.8 Å². The molecule has 0 aromatic rings. The first-order valence-electron chi connectivity index (χ1n) is 6.20. The van der Waals surface area contributed by atoms with Crippen LogP contribution in [0.2, 0.25) is 0 Å². The molecule has 0 aromatic heterocycles. The van der Waals surface area contributed by atoms with Crippen LogP contribution in [0.3, 0.4) is 0 Å². The van der Waals surface area contributed by atoms with Crippen molar-refractivity contribution in [2.75, 3.05) is 19.8 Å². The zero-order valence-corrected chi connectivity index (χ0v) is 11.5. The van der Waals surface area contributed by atoms with Gasteiger partial charge in [-0.3, -0.25) is 5.73 Å². The Labute approximate surface area is 104 Å². The number of ether oxygens (including phenoxy) is 3. The predicted octanol–water partition coefficient (Wildman–Crippen LogP) is 1.59. The molecular weight excluding hydrogens is 222 g/mol. The van der Waals surface area contributed by atoms with E-state index < -0.39 is 11.7 Å². The molecule has 0 aliphatic heterocycles. The van der Waals surface area contributed by atoms with Gasteiger partial charge in [0.05, 0.1) is 13.2 Å². The Balaban J connectivity index is 3.51. The van der Waals surface area contributed by atoms with Gasteiger partial charge >= 0.3 is 0 Å². The minimum absolute atomic E-state index is 0.356. The lowest BCUT2D eigenvalue weighted by molar-refractivity contribution is -0.221. The van der Waals surface area contributed by atoms with Gasteiger partial charge in [0, 0.05) is 13.5 Å². The van der Waals surface area contributed by atoms with E-state index in [1.807, 2.05) is 13.8 Å². The summed E-state index contributed by atoms with van der Waals surface area (Å²) in [5.74, 6) is -2.13. The maximum Gasteiger partial charge on any atom is 0.219 e. The van der Waals surface area contributed by atoms with Gasteiger partial charge in [-0.05, 0) is 26.7 Å². The zero-order valence-electron chi connectivity index (χ0n) is 11.5. The Morgan fingerprint density at radius 3 is 1.88 bits per heavy atom. The van der Waals surface area contributed by atoms with Gasteiger partial charge in [0.1, 0.15) is 0 Å². The molecule has 0 fully saturated rings. The van der Waals surface area contributed by atoms with Crippen molar-refractivity contribution in [3.8, 4) is 0 Å². The van der Waals surface area contributed by atoms with E-state index in [-0.39, 0.29) is 0 Å². The van der Waals surface area contributed by atoms with Gasteiger partial charge in [-0.25, -0.2) is 0 Å². The van der Waals surface area contributed by atoms with Gasteiger partial charge in [0.2, 0.25) is 5.91 Å². The molecule has 0 rings (SSSR count). The summed E-state index contributed by atoms with van der Waals surface area (Å²) in [7, 11) is 0. The second-order valence-corrected chi connectivity index (χ2v) is 4.71. The third-order valence-corrected chi connectivity index (χ3v) is 2.08. The lowest BCUT2D eigenvalue weighted by Crippen LogP contribution is -2.39. The Hall–Kier alpha value is -0.200. The molecule has 17 heavy (non-hydrogen) atoms. The third-order valence-electron chi connectivity index (χ3n) is 2.08. The first-order valence-corrected chi connectivity index (χ1v) is 6.20. The zero-order chi connectivity index (χ0) is 13.4. The smallest absolute Gasteiger partial charge is 0.219 e. The van der Waals surface area contributed by atoms with Crippen LogP contribution < -0.4 is 5.73 Å². The quantitative estimate of drug-likeness (QED) is 0.454. The van der Waals surface area contributed by atoms with Crippen LogP contribution in [-0.2, 0) is 14.2 Å². The Kier molecular flexibility index (Phi) is 7.91. The molecule has 5 heteroatoms. The van der Waals surface area contributed by atoms with Gasteiger partial charge in [-0.2, -0.15) is 0 Å². The maximum absolute atomic E-state index is 9.11. The van der Waals surface area contributed by atoms with Crippen LogP contribution in [0.15, 0.2) is 0 Å². The molecule has 0 radical (unpaired) electrons. The van der Waals surface area contributed by atoms with Crippen molar-refractivity contribution in [3.05, 3.63) is 0 Å². The van der Waals surface area contributed by atoms with Crippen molar-refractivity contribution in [1.82, 2.24) is 0 Å². The second kappa shape index (κ2) is 8.00. The van der Waals surface area contributed by atoms with Gasteiger partial charge in [-0.15, -0.1) is 0 Å². The van der Waals surface area contributed by atoms with Crippen LogP contribution in [0.25, 0.3) is 0 Å². The van der Waals surface area contributed by atoms with E-state index in [1.165, 1.54) is 6.92 Å². The van der Waals surface area contributed by atoms with Crippen LogP contribution in [-0.4, -0.2) is 36.6 Å². The SMILES string of the molecule is CCCCOC(C)(C)OCCCOC(C)(N)O. The average Bonchev–Trinajstić information content (AvgIpc) is 2.15. The number of aliphatic hydroxyl groups is 1. The Morgan fingerprint density at radius 1 is 0.941 bits per heavy atom. The van der Waals surface area contributed by atoms with Gasteiger partial charge in [0.25, 0.3) is 0 Å². The summed E-state index contributed by atoms with van der Waals surface area (Å²) in [5.41, 5.74) is 5.25. The molecule has 0 saturated heterocycles. The van der Waals surface area contributed by atoms with Crippen LogP contribution in [0.1, 0.15) is 47.0 Å². The summed E-state index contributed by atoms with van der Waals surface area (Å²) in [5, 5.41) is 9.11. The second-order valence-electron chi connectivity index (χ2n) is 4.71. The van der Waals surface area contributed by atoms with Crippen LogP contribution in [0.5, 0.6) is 0 Å². The van der Waals surface area contributed by atoms with Crippen molar-refractivity contribution in [3.63, 3.8) is 0 Å². The molecule has 1 unspecified atom stereocenters. The first-order chi connectivity index (χ1) is 7.77. The number of rotatable bonds is 10. The van der Waals surface area contributed by atoms with E-state index in [1.54, 1.807) is 0 Å². The van der Waals surface area contributed by atoms with Gasteiger partial charge in [0.15, 0.2) is 5.79 Å². The summed E-state index contributed by atoms with van der Waals surface area (Å²) >= 11 is 0. The summed E-state index contributed by atoms with van der Waals surface area (Å²) in [6, 6.07) is 0. The molecule has 3 N–H and O–H groups in total. The van der Waals surface area contributed by atoms with Crippen LogP contribution >= 0.6 is 0 Å². The van der Waals surface area contributed by atoms with Crippen LogP contribution in [0, 0.1) is 0 Å². The average molecular weight is 249 g/mol. The van der Waals surface area contributed by atoms with E-state index in [4.69, 9.17) is 25.1 Å². The van der Waals surface area contributed by atoms with Crippen molar-refractivity contribution in [1.29, 1.82) is 0 Å². The fourth-order valence-electron chi connectivity index (χ4n) is 1.16. The highest BCUT2D eigenvalue weighted by molar-refractivity contribution is 4.54. The fourth-order valence-corrected chi connectivity index (χ4v) is 1.16. The minimum Gasteiger partial charge on any atom is -0.354 e. The van der Waals surface area contributed by atoms with E-state index in [0.29, 0.717) is 26.2 Å². The molecule has 1 atom stereocenters. The third kappa shape index (κ3) is 12.1. The van der Waals surface area contributed by atoms with E-state index >= 15 is 0 Å². The van der Waals surface area contributed by atoms with Gasteiger partial charge in [-0.1, -0.05) is 13.3 Å². The molecule has 0 heterocycles. The molecule has 0 bridgehead atoms. The highest BCUT2D eigenvalue weighted by Gasteiger charge is 2.18. The molecule has 0 aliphatic carbocycles. The molecule has 104 valence electrons. The number of hydrogen-bond acceptors (Lipinski definition) is 5. The van der Waals surface area contributed by atoms with Crippen molar-refractivity contribution in [2.45, 2.75) is 58.7 Å². The van der Waals surface area contributed by atoms with Crippen LogP contribution in [0.4, 0.5) is 0 Å². The Morgan fingerprint density at radius 2 is 1.41 bits per heavy atom. The molecule has 0 spiro atoms. The molecule has 0 amide bonds. The standard InChI is InChI=1S/C12H27NO4/c1-5-6-8-15-11(2,3)16-9-7-10-17-12(4,13)14/h14H,5-10,13H2,1-4H3. The number of unbranched alkanes of at least 4 members (excludes halogenated alkanes) is 1.